The van der Waals surface area contributed by atoms with Crippen molar-refractivity contribution < 1.29 is 17.9 Å². The molecule has 1 saturated carbocycles. The fraction of sp³-hybridized carbons (Fsp3) is 0.750. The van der Waals surface area contributed by atoms with Crippen LogP contribution in [-0.4, -0.2) is 44.6 Å². The lowest BCUT2D eigenvalue weighted by atomic mass is 9.97. The highest BCUT2D eigenvalue weighted by Gasteiger charge is 2.54. The highest BCUT2D eigenvalue weighted by Crippen LogP contribution is 2.36. The molecule has 6 heteroatoms. The number of esters is 1. The lowest BCUT2D eigenvalue weighted by Gasteiger charge is -2.32. The lowest BCUT2D eigenvalue weighted by molar-refractivity contribution is -0.150. The zero-order valence-corrected chi connectivity index (χ0v) is 11.8. The number of carbonyl (C=O) groups excluding carboxylic acids is 1. The van der Waals surface area contributed by atoms with Crippen molar-refractivity contribution in [2.24, 2.45) is 0 Å². The minimum absolute atomic E-state index is 0.243. The summed E-state index contributed by atoms with van der Waals surface area (Å²) in [6.07, 6.45) is 4.45. The van der Waals surface area contributed by atoms with Crippen molar-refractivity contribution in [3.8, 4) is 0 Å². The fourth-order valence-electron chi connectivity index (χ4n) is 2.58. The minimum Gasteiger partial charge on any atom is -0.465 e. The van der Waals surface area contributed by atoms with Crippen LogP contribution in [0.15, 0.2) is 12.7 Å². The van der Waals surface area contributed by atoms with Gasteiger partial charge in [-0.2, -0.15) is 0 Å². The molecule has 2 unspecified atom stereocenters. The molecule has 0 radical (unpaired) electrons. The van der Waals surface area contributed by atoms with E-state index >= 15 is 0 Å². The number of hydrogen-bond donors (Lipinski definition) is 1. The predicted molar refractivity (Wildman–Crippen MR) is 70.0 cm³/mol. The fourth-order valence-corrected chi connectivity index (χ4v) is 4.20. The first-order chi connectivity index (χ1) is 8.38. The molecular formula is C12H21NO4S. The number of rotatable bonds is 6. The van der Waals surface area contributed by atoms with E-state index in [1.807, 2.05) is 0 Å². The van der Waals surface area contributed by atoms with Crippen molar-refractivity contribution >= 4 is 15.8 Å². The molecule has 104 valence electrons. The second kappa shape index (κ2) is 5.84. The molecule has 1 fully saturated rings. The standard InChI is InChI=1S/C12H21NO4S/c1-4-9-13-12(11(14)17-5-2)8-6-7-10(12)18(3,15)16/h4,10,13H,1,5-9H2,2-3H3. The molecule has 1 N–H and O–H groups in total. The molecule has 0 aliphatic heterocycles. The average Bonchev–Trinajstić information content (AvgIpc) is 2.71. The molecule has 0 amide bonds. The van der Waals surface area contributed by atoms with Gasteiger partial charge < -0.3 is 4.74 Å². The van der Waals surface area contributed by atoms with Crippen molar-refractivity contribution in [2.75, 3.05) is 19.4 Å². The molecule has 5 nitrogen and oxygen atoms in total. The molecule has 1 aliphatic carbocycles. The van der Waals surface area contributed by atoms with Gasteiger partial charge in [0.2, 0.25) is 0 Å². The van der Waals surface area contributed by atoms with Crippen molar-refractivity contribution in [3.05, 3.63) is 12.7 Å². The maximum absolute atomic E-state index is 12.1. The van der Waals surface area contributed by atoms with Crippen molar-refractivity contribution in [2.45, 2.75) is 37.0 Å². The monoisotopic (exact) mass is 275 g/mol. The zero-order chi connectivity index (χ0) is 13.8. The topological polar surface area (TPSA) is 72.5 Å². The summed E-state index contributed by atoms with van der Waals surface area (Å²) in [7, 11) is -3.30. The van der Waals surface area contributed by atoms with Gasteiger partial charge in [0.15, 0.2) is 9.84 Å². The Morgan fingerprint density at radius 2 is 2.28 bits per heavy atom. The Bertz CT molecular complexity index is 418. The van der Waals surface area contributed by atoms with Crippen LogP contribution in [0, 0.1) is 0 Å². The van der Waals surface area contributed by atoms with E-state index < -0.39 is 26.6 Å². The van der Waals surface area contributed by atoms with Gasteiger partial charge in [-0.25, -0.2) is 8.42 Å². The van der Waals surface area contributed by atoms with E-state index in [0.717, 1.165) is 0 Å². The van der Waals surface area contributed by atoms with E-state index in [-0.39, 0.29) is 6.61 Å². The van der Waals surface area contributed by atoms with Crippen LogP contribution in [0.1, 0.15) is 26.2 Å². The first kappa shape index (κ1) is 15.2. The van der Waals surface area contributed by atoms with Crippen LogP contribution in [0.3, 0.4) is 0 Å². The number of sulfone groups is 1. The maximum atomic E-state index is 12.1. The Kier molecular flexibility index (Phi) is 4.92. The van der Waals surface area contributed by atoms with E-state index in [9.17, 15) is 13.2 Å². The van der Waals surface area contributed by atoms with Gasteiger partial charge in [0.25, 0.3) is 0 Å². The number of ether oxygens (including phenoxy) is 1. The molecule has 1 rings (SSSR count). The van der Waals surface area contributed by atoms with Crippen LogP contribution in [0.25, 0.3) is 0 Å². The third-order valence-corrected chi connectivity index (χ3v) is 4.98. The van der Waals surface area contributed by atoms with Gasteiger partial charge in [-0.1, -0.05) is 6.08 Å². The van der Waals surface area contributed by atoms with Crippen molar-refractivity contribution in [1.29, 1.82) is 0 Å². The summed E-state index contributed by atoms with van der Waals surface area (Å²) in [5.74, 6) is -0.472. The smallest absolute Gasteiger partial charge is 0.327 e. The average molecular weight is 275 g/mol. The summed E-state index contributed by atoms with van der Waals surface area (Å²) in [5, 5.41) is 2.30. The summed E-state index contributed by atoms with van der Waals surface area (Å²) < 4.78 is 28.7. The largest absolute Gasteiger partial charge is 0.465 e. The zero-order valence-electron chi connectivity index (χ0n) is 10.9. The molecule has 0 spiro atoms. The SMILES string of the molecule is C=CCNC1(C(=O)OCC)CCCC1S(C)(=O)=O. The molecule has 0 aromatic heterocycles. The molecule has 0 aromatic rings. The molecule has 1 aliphatic rings. The van der Waals surface area contributed by atoms with Crippen molar-refractivity contribution in [3.63, 3.8) is 0 Å². The summed E-state index contributed by atoms with van der Waals surface area (Å²) in [4.78, 5) is 12.1. The molecule has 0 aromatic carbocycles. The Morgan fingerprint density at radius 3 is 2.78 bits per heavy atom. The van der Waals surface area contributed by atoms with Crippen LogP contribution in [-0.2, 0) is 19.4 Å². The second-order valence-corrected chi connectivity index (χ2v) is 6.80. The van der Waals surface area contributed by atoms with Gasteiger partial charge in [0.1, 0.15) is 5.54 Å². The number of hydrogen-bond acceptors (Lipinski definition) is 5. The van der Waals surface area contributed by atoms with Crippen LogP contribution in [0.4, 0.5) is 0 Å². The van der Waals surface area contributed by atoms with Crippen molar-refractivity contribution in [1.82, 2.24) is 5.32 Å². The van der Waals surface area contributed by atoms with Crippen LogP contribution in [0.2, 0.25) is 0 Å². The Labute approximate surface area is 109 Å². The summed E-state index contributed by atoms with van der Waals surface area (Å²) in [6, 6.07) is 0. The summed E-state index contributed by atoms with van der Waals surface area (Å²) in [6.45, 7) is 5.92. The second-order valence-electron chi connectivity index (χ2n) is 4.57. The van der Waals surface area contributed by atoms with Crippen LogP contribution < -0.4 is 5.32 Å². The maximum Gasteiger partial charge on any atom is 0.327 e. The Balaban J connectivity index is 3.09. The van der Waals surface area contributed by atoms with E-state index in [0.29, 0.717) is 25.8 Å². The first-order valence-electron chi connectivity index (χ1n) is 6.10. The molecule has 2 atom stereocenters. The van der Waals surface area contributed by atoms with Crippen LogP contribution in [0.5, 0.6) is 0 Å². The summed E-state index contributed by atoms with van der Waals surface area (Å²) in [5.41, 5.74) is -1.11. The highest BCUT2D eigenvalue weighted by atomic mass is 32.2. The highest BCUT2D eigenvalue weighted by molar-refractivity contribution is 7.91. The first-order valence-corrected chi connectivity index (χ1v) is 8.06. The van der Waals surface area contributed by atoms with E-state index in [4.69, 9.17) is 4.74 Å². The third-order valence-electron chi connectivity index (χ3n) is 3.31. The van der Waals surface area contributed by atoms with Gasteiger partial charge >= 0.3 is 5.97 Å². The quantitative estimate of drug-likeness (QED) is 0.569. The van der Waals surface area contributed by atoms with Gasteiger partial charge in [0, 0.05) is 12.8 Å². The molecule has 0 saturated heterocycles. The number of carbonyl (C=O) groups is 1. The van der Waals surface area contributed by atoms with E-state index in [1.54, 1.807) is 13.0 Å². The van der Waals surface area contributed by atoms with Gasteiger partial charge in [0.05, 0.1) is 11.9 Å². The minimum atomic E-state index is -3.30. The van der Waals surface area contributed by atoms with E-state index in [1.165, 1.54) is 6.26 Å². The van der Waals surface area contributed by atoms with Gasteiger partial charge in [-0.3, -0.25) is 10.1 Å². The van der Waals surface area contributed by atoms with Gasteiger partial charge in [-0.15, -0.1) is 6.58 Å². The molecule has 0 bridgehead atoms. The normalized spacial score (nSPS) is 28.0. The Hall–Kier alpha value is -0.880. The van der Waals surface area contributed by atoms with Gasteiger partial charge in [-0.05, 0) is 26.2 Å². The molecule has 18 heavy (non-hydrogen) atoms. The third kappa shape index (κ3) is 2.92. The molecule has 0 heterocycles. The van der Waals surface area contributed by atoms with Crippen LogP contribution >= 0.6 is 0 Å². The molecular weight excluding hydrogens is 254 g/mol. The Morgan fingerprint density at radius 1 is 1.61 bits per heavy atom. The predicted octanol–water partition coefficient (Wildman–Crippen LogP) is 0.661. The van der Waals surface area contributed by atoms with E-state index in [2.05, 4.69) is 11.9 Å². The number of nitrogens with one attached hydrogen (secondary N) is 1. The lowest BCUT2D eigenvalue weighted by Crippen LogP contribution is -2.60. The summed E-state index contributed by atoms with van der Waals surface area (Å²) >= 11 is 0.